The van der Waals surface area contributed by atoms with Crippen LogP contribution in [0.4, 0.5) is 10.5 Å². The molecule has 1 saturated heterocycles. The summed E-state index contributed by atoms with van der Waals surface area (Å²) in [6.45, 7) is 0. The van der Waals surface area contributed by atoms with Crippen LogP contribution in [-0.2, 0) is 9.84 Å². The monoisotopic (exact) mass is 293 g/mol. The number of amides is 2. The van der Waals surface area contributed by atoms with Crippen LogP contribution in [0.3, 0.4) is 0 Å². The van der Waals surface area contributed by atoms with Crippen molar-refractivity contribution in [2.45, 2.75) is 12.5 Å². The number of sulfone groups is 1. The molecule has 1 unspecified atom stereocenters. The Labute approximate surface area is 116 Å². The van der Waals surface area contributed by atoms with Gasteiger partial charge in [0.1, 0.15) is 0 Å². The first-order chi connectivity index (χ1) is 9.52. The number of carbonyl (C=O) groups is 1. The molecule has 2 aromatic rings. The number of rotatable bonds is 2. The second kappa shape index (κ2) is 4.82. The van der Waals surface area contributed by atoms with Gasteiger partial charge in [-0.1, -0.05) is 6.07 Å². The largest absolute Gasteiger partial charge is 0.361 e. The van der Waals surface area contributed by atoms with Crippen molar-refractivity contribution in [3.63, 3.8) is 0 Å². The minimum atomic E-state index is -2.98. The van der Waals surface area contributed by atoms with Crippen LogP contribution in [0.5, 0.6) is 0 Å². The molecule has 3 rings (SSSR count). The number of H-pyrrole nitrogens is 1. The summed E-state index contributed by atoms with van der Waals surface area (Å²) in [4.78, 5) is 14.9. The fourth-order valence-electron chi connectivity index (χ4n) is 2.39. The second-order valence-electron chi connectivity index (χ2n) is 4.98. The minimum Gasteiger partial charge on any atom is -0.361 e. The van der Waals surface area contributed by atoms with E-state index in [9.17, 15) is 13.2 Å². The van der Waals surface area contributed by atoms with E-state index in [1.807, 2.05) is 24.4 Å². The summed E-state index contributed by atoms with van der Waals surface area (Å²) in [6.07, 6.45) is 2.31. The van der Waals surface area contributed by atoms with E-state index in [2.05, 4.69) is 15.6 Å². The molecular weight excluding hydrogens is 278 g/mol. The quantitative estimate of drug-likeness (QED) is 0.783. The second-order valence-corrected chi connectivity index (χ2v) is 7.21. The molecule has 1 aromatic carbocycles. The number of anilines is 1. The Bertz CT molecular complexity index is 751. The molecule has 0 radical (unpaired) electrons. The van der Waals surface area contributed by atoms with E-state index in [4.69, 9.17) is 0 Å². The molecule has 7 heteroatoms. The smallest absolute Gasteiger partial charge is 0.319 e. The maximum Gasteiger partial charge on any atom is 0.319 e. The zero-order valence-corrected chi connectivity index (χ0v) is 11.5. The maximum absolute atomic E-state index is 11.8. The van der Waals surface area contributed by atoms with Gasteiger partial charge in [-0.05, 0) is 30.0 Å². The Hall–Kier alpha value is -2.02. The van der Waals surface area contributed by atoms with Crippen LogP contribution in [0.2, 0.25) is 0 Å². The minimum absolute atomic E-state index is 0.0239. The van der Waals surface area contributed by atoms with Gasteiger partial charge in [0.2, 0.25) is 0 Å². The molecule has 106 valence electrons. The van der Waals surface area contributed by atoms with Crippen molar-refractivity contribution >= 4 is 32.5 Å². The normalized spacial score (nSPS) is 20.9. The summed E-state index contributed by atoms with van der Waals surface area (Å²) in [5.41, 5.74) is 1.60. The number of nitrogens with one attached hydrogen (secondary N) is 3. The lowest BCUT2D eigenvalue weighted by molar-refractivity contribution is 0.249. The van der Waals surface area contributed by atoms with Crippen molar-refractivity contribution in [3.8, 4) is 0 Å². The fraction of sp³-hybridized carbons (Fsp3) is 0.308. The van der Waals surface area contributed by atoms with E-state index >= 15 is 0 Å². The van der Waals surface area contributed by atoms with Gasteiger partial charge < -0.3 is 15.6 Å². The summed E-state index contributed by atoms with van der Waals surface area (Å²) < 4.78 is 22.6. The van der Waals surface area contributed by atoms with Crippen LogP contribution in [0, 0.1) is 0 Å². The average Bonchev–Trinajstić information content (AvgIpc) is 2.95. The topological polar surface area (TPSA) is 91.1 Å². The Morgan fingerprint density at radius 2 is 2.15 bits per heavy atom. The summed E-state index contributed by atoms with van der Waals surface area (Å²) in [5.74, 6) is 0.169. The third kappa shape index (κ3) is 2.77. The molecule has 0 spiro atoms. The Balaban J connectivity index is 1.64. The molecule has 3 N–H and O–H groups in total. The molecule has 6 nitrogen and oxygen atoms in total. The van der Waals surface area contributed by atoms with Gasteiger partial charge in [0.15, 0.2) is 9.84 Å². The number of aromatic amines is 1. The molecule has 2 heterocycles. The van der Waals surface area contributed by atoms with Crippen molar-refractivity contribution in [3.05, 3.63) is 30.5 Å². The Kier molecular flexibility index (Phi) is 3.13. The molecular formula is C13H15N3O3S. The van der Waals surface area contributed by atoms with Crippen LogP contribution in [0.25, 0.3) is 10.9 Å². The van der Waals surface area contributed by atoms with Gasteiger partial charge in [0.05, 0.1) is 11.5 Å². The highest BCUT2D eigenvalue weighted by Crippen LogP contribution is 2.18. The van der Waals surface area contributed by atoms with Gasteiger partial charge in [-0.15, -0.1) is 0 Å². The molecule has 1 atom stereocenters. The van der Waals surface area contributed by atoms with Crippen LogP contribution < -0.4 is 10.6 Å². The van der Waals surface area contributed by atoms with Gasteiger partial charge in [-0.25, -0.2) is 13.2 Å². The van der Waals surface area contributed by atoms with Crippen LogP contribution in [0.1, 0.15) is 6.42 Å². The van der Waals surface area contributed by atoms with Crippen molar-refractivity contribution in [1.82, 2.24) is 10.3 Å². The van der Waals surface area contributed by atoms with Crippen molar-refractivity contribution in [2.24, 2.45) is 0 Å². The number of carbonyl (C=O) groups excluding carboxylic acids is 1. The summed E-state index contributed by atoms with van der Waals surface area (Å²) >= 11 is 0. The van der Waals surface area contributed by atoms with E-state index in [0.29, 0.717) is 12.1 Å². The van der Waals surface area contributed by atoms with Gasteiger partial charge >= 0.3 is 6.03 Å². The zero-order chi connectivity index (χ0) is 14.2. The van der Waals surface area contributed by atoms with E-state index in [1.165, 1.54) is 0 Å². The lowest BCUT2D eigenvalue weighted by Crippen LogP contribution is -2.38. The van der Waals surface area contributed by atoms with Gasteiger partial charge in [0.25, 0.3) is 0 Å². The molecule has 2 amide bonds. The van der Waals surface area contributed by atoms with Gasteiger partial charge in [0, 0.05) is 23.4 Å². The predicted molar refractivity (Wildman–Crippen MR) is 77.5 cm³/mol. The number of hydrogen-bond acceptors (Lipinski definition) is 3. The lowest BCUT2D eigenvalue weighted by atomic mass is 10.2. The lowest BCUT2D eigenvalue weighted by Gasteiger charge is -2.12. The first-order valence-electron chi connectivity index (χ1n) is 6.37. The third-order valence-corrected chi connectivity index (χ3v) is 5.15. The van der Waals surface area contributed by atoms with Crippen molar-refractivity contribution in [2.75, 3.05) is 16.8 Å². The van der Waals surface area contributed by atoms with E-state index in [0.717, 1.165) is 10.9 Å². The van der Waals surface area contributed by atoms with E-state index in [1.54, 1.807) is 6.07 Å². The maximum atomic E-state index is 11.8. The number of benzene rings is 1. The SMILES string of the molecule is O=C(Nc1ccc2cc[nH]c2c1)NC1CCS(=O)(=O)C1. The van der Waals surface area contributed by atoms with Crippen LogP contribution in [0.15, 0.2) is 30.5 Å². The van der Waals surface area contributed by atoms with Crippen molar-refractivity contribution < 1.29 is 13.2 Å². The van der Waals surface area contributed by atoms with E-state index < -0.39 is 9.84 Å². The zero-order valence-electron chi connectivity index (χ0n) is 10.7. The van der Waals surface area contributed by atoms with Gasteiger partial charge in [-0.2, -0.15) is 0 Å². The molecule has 20 heavy (non-hydrogen) atoms. The third-order valence-electron chi connectivity index (χ3n) is 3.38. The molecule has 1 aliphatic rings. The highest BCUT2D eigenvalue weighted by Gasteiger charge is 2.28. The Morgan fingerprint density at radius 3 is 2.90 bits per heavy atom. The highest BCUT2D eigenvalue weighted by atomic mass is 32.2. The first kappa shape index (κ1) is 13.0. The van der Waals surface area contributed by atoms with Crippen LogP contribution >= 0.6 is 0 Å². The van der Waals surface area contributed by atoms with Gasteiger partial charge in [-0.3, -0.25) is 0 Å². The molecule has 0 saturated carbocycles. The molecule has 0 bridgehead atoms. The molecule has 0 aliphatic carbocycles. The number of hydrogen-bond donors (Lipinski definition) is 3. The summed E-state index contributed by atoms with van der Waals surface area (Å²) in [5, 5.41) is 6.47. The van der Waals surface area contributed by atoms with Crippen molar-refractivity contribution in [1.29, 1.82) is 0 Å². The first-order valence-corrected chi connectivity index (χ1v) is 8.19. The summed E-state index contributed by atoms with van der Waals surface area (Å²) in [6, 6.07) is 6.82. The average molecular weight is 293 g/mol. The number of urea groups is 1. The number of fused-ring (bicyclic) bond motifs is 1. The number of aromatic nitrogens is 1. The molecule has 1 fully saturated rings. The fourth-order valence-corrected chi connectivity index (χ4v) is 4.06. The van der Waals surface area contributed by atoms with Crippen LogP contribution in [-0.4, -0.2) is 37.0 Å². The Morgan fingerprint density at radius 1 is 1.30 bits per heavy atom. The molecule has 1 aliphatic heterocycles. The standard InChI is InChI=1S/C13H15N3O3S/c17-13(16-11-4-6-20(18,19)8-11)15-10-2-1-9-3-5-14-12(9)7-10/h1-3,5,7,11,14H,4,6,8H2,(H2,15,16,17). The van der Waals surface area contributed by atoms with E-state index in [-0.39, 0.29) is 23.6 Å². The highest BCUT2D eigenvalue weighted by molar-refractivity contribution is 7.91. The summed E-state index contributed by atoms with van der Waals surface area (Å²) in [7, 11) is -2.98. The predicted octanol–water partition coefficient (Wildman–Crippen LogP) is 1.48. The molecule has 1 aromatic heterocycles.